The molecule has 0 atom stereocenters. The van der Waals surface area contributed by atoms with Gasteiger partial charge in [-0.05, 0) is 50.1 Å². The molecule has 2 aromatic carbocycles. The molecule has 0 spiro atoms. The molecule has 1 heterocycles. The monoisotopic (exact) mass is 350 g/mol. The van der Waals surface area contributed by atoms with Crippen LogP contribution in [-0.2, 0) is 0 Å². The van der Waals surface area contributed by atoms with Crippen LogP contribution in [0.1, 0.15) is 50.8 Å². The van der Waals surface area contributed by atoms with Gasteiger partial charge < -0.3 is 10.1 Å². The number of amides is 3. The molecule has 2 aliphatic rings. The summed E-state index contributed by atoms with van der Waals surface area (Å²) in [4.78, 5) is 38.8. The van der Waals surface area contributed by atoms with Gasteiger partial charge in [-0.2, -0.15) is 0 Å². The zero-order valence-electron chi connectivity index (χ0n) is 14.3. The Balaban J connectivity index is 1.59. The van der Waals surface area contributed by atoms with Gasteiger partial charge >= 0.3 is 0 Å². The molecule has 0 aromatic heterocycles. The number of nitrogens with one attached hydrogen (secondary N) is 1. The number of fused-ring (bicyclic) bond motifs is 1. The topological polar surface area (TPSA) is 75.7 Å². The van der Waals surface area contributed by atoms with Crippen LogP contribution in [0.5, 0.6) is 5.75 Å². The van der Waals surface area contributed by atoms with Gasteiger partial charge in [-0.15, -0.1) is 0 Å². The molecule has 1 saturated carbocycles. The van der Waals surface area contributed by atoms with Gasteiger partial charge in [-0.25, -0.2) is 0 Å². The molecular formula is C20H18N2O4. The Hall–Kier alpha value is -3.15. The Bertz CT molecular complexity index is 918. The van der Waals surface area contributed by atoms with Gasteiger partial charge in [0, 0.05) is 11.6 Å². The standard InChI is InChI=1S/C20H18N2O4/c1-2-26-17-6-4-3-5-16(17)21-18(23)12-7-10-14-15(11-12)20(25)22(19(14)24)13-8-9-13/h3-7,10-11,13H,2,8-9H2,1H3,(H,21,23). The van der Waals surface area contributed by atoms with Crippen LogP contribution < -0.4 is 10.1 Å². The number of rotatable bonds is 5. The number of carbonyl (C=O) groups is 3. The normalized spacial score (nSPS) is 15.8. The van der Waals surface area contributed by atoms with E-state index in [1.54, 1.807) is 30.3 Å². The molecule has 132 valence electrons. The molecule has 1 N–H and O–H groups in total. The number of benzene rings is 2. The third kappa shape index (κ3) is 2.73. The highest BCUT2D eigenvalue weighted by atomic mass is 16.5. The van der Waals surface area contributed by atoms with E-state index < -0.39 is 0 Å². The van der Waals surface area contributed by atoms with Crippen molar-refractivity contribution in [2.75, 3.05) is 11.9 Å². The quantitative estimate of drug-likeness (QED) is 0.841. The van der Waals surface area contributed by atoms with Crippen LogP contribution in [-0.4, -0.2) is 35.3 Å². The summed E-state index contributed by atoms with van der Waals surface area (Å²) < 4.78 is 5.51. The maximum absolute atomic E-state index is 12.6. The first-order valence-corrected chi connectivity index (χ1v) is 8.65. The Morgan fingerprint density at radius 2 is 1.85 bits per heavy atom. The van der Waals surface area contributed by atoms with Crippen molar-refractivity contribution in [2.24, 2.45) is 0 Å². The number of hydrogen-bond donors (Lipinski definition) is 1. The third-order valence-corrected chi connectivity index (χ3v) is 4.53. The lowest BCUT2D eigenvalue weighted by Crippen LogP contribution is -2.31. The molecule has 4 rings (SSSR count). The highest BCUT2D eigenvalue weighted by Gasteiger charge is 2.44. The fourth-order valence-corrected chi connectivity index (χ4v) is 3.11. The van der Waals surface area contributed by atoms with Crippen LogP contribution in [0, 0.1) is 0 Å². The highest BCUT2D eigenvalue weighted by Crippen LogP contribution is 2.35. The van der Waals surface area contributed by atoms with Crippen LogP contribution in [0.25, 0.3) is 0 Å². The summed E-state index contributed by atoms with van der Waals surface area (Å²) >= 11 is 0. The zero-order valence-corrected chi connectivity index (χ0v) is 14.3. The van der Waals surface area contributed by atoms with E-state index in [-0.39, 0.29) is 23.8 Å². The van der Waals surface area contributed by atoms with E-state index in [4.69, 9.17) is 4.74 Å². The first kappa shape index (κ1) is 16.3. The lowest BCUT2D eigenvalue weighted by atomic mass is 10.1. The number of hydrogen-bond acceptors (Lipinski definition) is 4. The number of anilines is 1. The number of imide groups is 1. The summed E-state index contributed by atoms with van der Waals surface area (Å²) in [6.45, 7) is 2.35. The third-order valence-electron chi connectivity index (χ3n) is 4.53. The molecular weight excluding hydrogens is 332 g/mol. The minimum Gasteiger partial charge on any atom is -0.492 e. The van der Waals surface area contributed by atoms with Crippen molar-refractivity contribution in [3.8, 4) is 5.75 Å². The largest absolute Gasteiger partial charge is 0.492 e. The summed E-state index contributed by atoms with van der Waals surface area (Å²) in [5.41, 5.74) is 1.55. The van der Waals surface area contributed by atoms with Crippen molar-refractivity contribution in [1.82, 2.24) is 4.90 Å². The Morgan fingerprint density at radius 1 is 1.12 bits per heavy atom. The van der Waals surface area contributed by atoms with Crippen molar-refractivity contribution in [3.63, 3.8) is 0 Å². The Kier molecular flexibility index (Phi) is 3.95. The van der Waals surface area contributed by atoms with Gasteiger partial charge in [0.1, 0.15) is 5.75 Å². The van der Waals surface area contributed by atoms with Gasteiger partial charge in [0.15, 0.2) is 0 Å². The predicted octanol–water partition coefficient (Wildman–Crippen LogP) is 3.10. The molecule has 26 heavy (non-hydrogen) atoms. The molecule has 6 heteroatoms. The molecule has 1 aliphatic heterocycles. The van der Waals surface area contributed by atoms with Gasteiger partial charge in [0.05, 0.1) is 23.4 Å². The van der Waals surface area contributed by atoms with Crippen molar-refractivity contribution >= 4 is 23.4 Å². The van der Waals surface area contributed by atoms with E-state index in [2.05, 4.69) is 5.32 Å². The van der Waals surface area contributed by atoms with Crippen LogP contribution in [0.2, 0.25) is 0 Å². The maximum atomic E-state index is 12.6. The number of carbonyl (C=O) groups excluding carboxylic acids is 3. The maximum Gasteiger partial charge on any atom is 0.261 e. The van der Waals surface area contributed by atoms with E-state index in [0.717, 1.165) is 12.8 Å². The van der Waals surface area contributed by atoms with Gasteiger partial charge in [-0.3, -0.25) is 19.3 Å². The summed E-state index contributed by atoms with van der Waals surface area (Å²) in [7, 11) is 0. The first-order chi connectivity index (χ1) is 12.6. The van der Waals surface area contributed by atoms with Gasteiger partial charge in [0.25, 0.3) is 17.7 Å². The van der Waals surface area contributed by atoms with Crippen LogP contribution >= 0.6 is 0 Å². The summed E-state index contributed by atoms with van der Waals surface area (Å²) in [5, 5.41) is 2.80. The van der Waals surface area contributed by atoms with Crippen molar-refractivity contribution in [2.45, 2.75) is 25.8 Å². The zero-order chi connectivity index (χ0) is 18.3. The van der Waals surface area contributed by atoms with E-state index in [1.165, 1.54) is 11.0 Å². The Labute approximate surface area is 150 Å². The summed E-state index contributed by atoms with van der Waals surface area (Å²) in [6.07, 6.45) is 1.71. The van der Waals surface area contributed by atoms with Crippen molar-refractivity contribution in [3.05, 3.63) is 59.2 Å². The number of ether oxygens (including phenoxy) is 1. The van der Waals surface area contributed by atoms with Crippen LogP contribution in [0.4, 0.5) is 5.69 Å². The van der Waals surface area contributed by atoms with Crippen LogP contribution in [0.15, 0.2) is 42.5 Å². The second-order valence-electron chi connectivity index (χ2n) is 6.36. The number of nitrogens with zero attached hydrogens (tertiary/aromatic N) is 1. The SMILES string of the molecule is CCOc1ccccc1NC(=O)c1ccc2c(c1)C(=O)N(C1CC1)C2=O. The molecule has 3 amide bonds. The average molecular weight is 350 g/mol. The lowest BCUT2D eigenvalue weighted by molar-refractivity contribution is 0.0642. The second kappa shape index (κ2) is 6.29. The molecule has 2 aromatic rings. The molecule has 0 bridgehead atoms. The van der Waals surface area contributed by atoms with Gasteiger partial charge in [-0.1, -0.05) is 12.1 Å². The molecule has 1 aliphatic carbocycles. The molecule has 6 nitrogen and oxygen atoms in total. The fraction of sp³-hybridized carbons (Fsp3) is 0.250. The Morgan fingerprint density at radius 3 is 2.58 bits per heavy atom. The van der Waals surface area contributed by atoms with Crippen molar-refractivity contribution in [1.29, 1.82) is 0 Å². The van der Waals surface area contributed by atoms with E-state index in [1.807, 2.05) is 13.0 Å². The minimum atomic E-state index is -0.356. The number of para-hydroxylation sites is 2. The second-order valence-corrected chi connectivity index (χ2v) is 6.36. The van der Waals surface area contributed by atoms with E-state index in [9.17, 15) is 14.4 Å². The highest BCUT2D eigenvalue weighted by molar-refractivity contribution is 6.22. The van der Waals surface area contributed by atoms with Crippen molar-refractivity contribution < 1.29 is 19.1 Å². The summed E-state index contributed by atoms with van der Waals surface area (Å²) in [5.74, 6) is -0.348. The van der Waals surface area contributed by atoms with Gasteiger partial charge in [0.2, 0.25) is 0 Å². The minimum absolute atomic E-state index is 0.0118. The van der Waals surface area contributed by atoms with E-state index in [0.29, 0.717) is 34.7 Å². The first-order valence-electron chi connectivity index (χ1n) is 8.65. The predicted molar refractivity (Wildman–Crippen MR) is 95.5 cm³/mol. The smallest absolute Gasteiger partial charge is 0.261 e. The molecule has 0 radical (unpaired) electrons. The molecule has 0 unspecified atom stereocenters. The average Bonchev–Trinajstić information content (AvgIpc) is 3.44. The van der Waals surface area contributed by atoms with Crippen LogP contribution in [0.3, 0.4) is 0 Å². The lowest BCUT2D eigenvalue weighted by Gasteiger charge is -2.11. The fourth-order valence-electron chi connectivity index (χ4n) is 3.11. The van der Waals surface area contributed by atoms with E-state index >= 15 is 0 Å². The summed E-state index contributed by atoms with van der Waals surface area (Å²) in [6, 6.07) is 11.8. The molecule has 0 saturated heterocycles. The molecule has 1 fully saturated rings.